The number of aliphatic hydroxyl groups is 1. The van der Waals surface area contributed by atoms with E-state index in [1.165, 1.54) is 16.7 Å². The molecule has 1 aromatic rings. The number of benzene rings is 1. The van der Waals surface area contributed by atoms with Gasteiger partial charge in [-0.15, -0.1) is 0 Å². The van der Waals surface area contributed by atoms with E-state index in [2.05, 4.69) is 53.7 Å². The first kappa shape index (κ1) is 20.4. The molecule has 2 atom stereocenters. The minimum atomic E-state index is -1.05. The highest BCUT2D eigenvalue weighted by molar-refractivity contribution is 7.85. The summed E-state index contributed by atoms with van der Waals surface area (Å²) in [7, 11) is -1.05. The van der Waals surface area contributed by atoms with Gasteiger partial charge in [0.15, 0.2) is 0 Å². The smallest absolute Gasteiger partial charge is 0.0546 e. The van der Waals surface area contributed by atoms with Gasteiger partial charge < -0.3 is 5.11 Å². The molecule has 0 fully saturated rings. The fraction of sp³-hybridized carbons (Fsp3) is 0.700. The van der Waals surface area contributed by atoms with Gasteiger partial charge in [0.25, 0.3) is 0 Å². The first-order valence-electron chi connectivity index (χ1n) is 8.93. The van der Waals surface area contributed by atoms with Gasteiger partial charge in [-0.25, -0.2) is 0 Å². The number of rotatable bonds is 8. The molecule has 0 aliphatic heterocycles. The largest absolute Gasteiger partial charge is 0.393 e. The fourth-order valence-corrected chi connectivity index (χ4v) is 4.51. The lowest BCUT2D eigenvalue weighted by molar-refractivity contribution is 0.167. The molecule has 0 spiro atoms. The fourth-order valence-electron chi connectivity index (χ4n) is 2.70. The van der Waals surface area contributed by atoms with Crippen LogP contribution >= 0.6 is 0 Å². The van der Waals surface area contributed by atoms with Crippen LogP contribution in [0.1, 0.15) is 95.8 Å². The Labute approximate surface area is 145 Å². The molecule has 0 aliphatic rings. The quantitative estimate of drug-likeness (QED) is 0.696. The Bertz CT molecular complexity index is 503. The molecule has 132 valence electrons. The van der Waals surface area contributed by atoms with E-state index in [1.807, 2.05) is 6.92 Å². The average Bonchev–Trinajstić information content (AvgIpc) is 2.50. The van der Waals surface area contributed by atoms with Crippen molar-refractivity contribution in [1.29, 1.82) is 0 Å². The lowest BCUT2D eigenvalue weighted by atomic mass is 9.89. The van der Waals surface area contributed by atoms with Crippen LogP contribution < -0.4 is 0 Å². The zero-order valence-electron chi connectivity index (χ0n) is 15.8. The maximum Gasteiger partial charge on any atom is 0.0546 e. The molecule has 0 amide bonds. The van der Waals surface area contributed by atoms with Gasteiger partial charge in [0.05, 0.1) is 16.9 Å². The standard InChI is InChI=1S/C20H34O2S/c1-8-17(21)9-10-23(22)20-18(14(4)5)11-16(13(2)3)12-19(20)15(6)7/h11-15,17,21H,8-10H2,1-7H3/t17-,23?/m0/s1. The van der Waals surface area contributed by atoms with E-state index in [4.69, 9.17) is 0 Å². The van der Waals surface area contributed by atoms with Crippen molar-refractivity contribution < 1.29 is 9.32 Å². The Morgan fingerprint density at radius 2 is 1.43 bits per heavy atom. The molecule has 2 nitrogen and oxygen atoms in total. The zero-order valence-corrected chi connectivity index (χ0v) is 16.7. The monoisotopic (exact) mass is 338 g/mol. The maximum absolute atomic E-state index is 13.0. The minimum absolute atomic E-state index is 0.348. The van der Waals surface area contributed by atoms with Crippen LogP contribution in [0.25, 0.3) is 0 Å². The van der Waals surface area contributed by atoms with E-state index in [-0.39, 0.29) is 6.10 Å². The van der Waals surface area contributed by atoms with Gasteiger partial charge in [-0.1, -0.05) is 60.6 Å². The highest BCUT2D eigenvalue weighted by Gasteiger charge is 2.21. The predicted octanol–water partition coefficient (Wildman–Crippen LogP) is 5.33. The van der Waals surface area contributed by atoms with Crippen molar-refractivity contribution in [2.24, 2.45) is 0 Å². The Morgan fingerprint density at radius 1 is 0.957 bits per heavy atom. The summed E-state index contributed by atoms with van der Waals surface area (Å²) in [5.41, 5.74) is 3.75. The van der Waals surface area contributed by atoms with Crippen molar-refractivity contribution in [2.45, 2.75) is 90.1 Å². The van der Waals surface area contributed by atoms with E-state index >= 15 is 0 Å². The van der Waals surface area contributed by atoms with Gasteiger partial charge in [0.1, 0.15) is 0 Å². The van der Waals surface area contributed by atoms with E-state index in [0.717, 1.165) is 11.3 Å². The molecule has 1 N–H and O–H groups in total. The normalized spacial score (nSPS) is 14.7. The summed E-state index contributed by atoms with van der Waals surface area (Å²) in [6.07, 6.45) is 0.973. The molecule has 1 rings (SSSR count). The molecule has 0 bridgehead atoms. The first-order chi connectivity index (χ1) is 10.7. The SMILES string of the molecule is CC[C@H](O)CCS(=O)c1c(C(C)C)cc(C(C)C)cc1C(C)C. The summed E-state index contributed by atoms with van der Waals surface area (Å²) in [6.45, 7) is 15.1. The Balaban J connectivity index is 3.34. The number of hydrogen-bond donors (Lipinski definition) is 1. The third-order valence-corrected chi connectivity index (χ3v) is 5.95. The summed E-state index contributed by atoms with van der Waals surface area (Å²) in [4.78, 5) is 1.02. The number of hydrogen-bond acceptors (Lipinski definition) is 2. The molecule has 0 saturated carbocycles. The summed E-state index contributed by atoms with van der Waals surface area (Å²) >= 11 is 0. The predicted molar refractivity (Wildman–Crippen MR) is 101 cm³/mol. The van der Waals surface area contributed by atoms with Gasteiger partial charge in [0.2, 0.25) is 0 Å². The van der Waals surface area contributed by atoms with Crippen molar-refractivity contribution in [3.8, 4) is 0 Å². The molecular formula is C20H34O2S. The van der Waals surface area contributed by atoms with Gasteiger partial charge in [-0.3, -0.25) is 4.21 Å². The van der Waals surface area contributed by atoms with Crippen LogP contribution in [0.5, 0.6) is 0 Å². The van der Waals surface area contributed by atoms with Crippen LogP contribution in [0.15, 0.2) is 17.0 Å². The minimum Gasteiger partial charge on any atom is -0.393 e. The lowest BCUT2D eigenvalue weighted by Gasteiger charge is -2.22. The van der Waals surface area contributed by atoms with Gasteiger partial charge in [-0.2, -0.15) is 0 Å². The first-order valence-corrected chi connectivity index (χ1v) is 10.2. The third kappa shape index (κ3) is 5.42. The Kier molecular flexibility index (Phi) is 7.96. The van der Waals surface area contributed by atoms with Crippen LogP contribution in [0.2, 0.25) is 0 Å². The van der Waals surface area contributed by atoms with Crippen molar-refractivity contribution in [3.05, 3.63) is 28.8 Å². The summed E-state index contributed by atoms with van der Waals surface area (Å²) in [6, 6.07) is 4.48. The van der Waals surface area contributed by atoms with E-state index < -0.39 is 10.8 Å². The van der Waals surface area contributed by atoms with Gasteiger partial charge in [-0.05, 0) is 47.3 Å². The molecule has 0 aromatic heterocycles. The average molecular weight is 339 g/mol. The molecule has 1 aromatic carbocycles. The zero-order chi connectivity index (χ0) is 17.7. The molecule has 3 heteroatoms. The van der Waals surface area contributed by atoms with Gasteiger partial charge in [0, 0.05) is 10.6 Å². The molecule has 0 saturated heterocycles. The Morgan fingerprint density at radius 3 is 1.78 bits per heavy atom. The molecule has 23 heavy (non-hydrogen) atoms. The molecule has 0 radical (unpaired) electrons. The van der Waals surface area contributed by atoms with Crippen molar-refractivity contribution in [1.82, 2.24) is 0 Å². The van der Waals surface area contributed by atoms with Crippen molar-refractivity contribution >= 4 is 10.8 Å². The van der Waals surface area contributed by atoms with E-state index in [1.54, 1.807) is 0 Å². The molecule has 0 heterocycles. The molecule has 0 aliphatic carbocycles. The summed E-state index contributed by atoms with van der Waals surface area (Å²) < 4.78 is 13.0. The second kappa shape index (κ2) is 8.98. The van der Waals surface area contributed by atoms with Crippen LogP contribution in [0, 0.1) is 0 Å². The number of aliphatic hydroxyl groups excluding tert-OH is 1. The third-order valence-electron chi connectivity index (χ3n) is 4.41. The summed E-state index contributed by atoms with van der Waals surface area (Å²) in [5.74, 6) is 1.70. The van der Waals surface area contributed by atoms with Crippen LogP contribution in [-0.4, -0.2) is 21.2 Å². The molecule has 1 unspecified atom stereocenters. The van der Waals surface area contributed by atoms with Crippen molar-refractivity contribution in [3.63, 3.8) is 0 Å². The highest BCUT2D eigenvalue weighted by Crippen LogP contribution is 2.34. The van der Waals surface area contributed by atoms with Crippen molar-refractivity contribution in [2.75, 3.05) is 5.75 Å². The second-order valence-corrected chi connectivity index (χ2v) is 8.90. The van der Waals surface area contributed by atoms with Gasteiger partial charge >= 0.3 is 0 Å². The lowest BCUT2D eigenvalue weighted by Crippen LogP contribution is -2.14. The van der Waals surface area contributed by atoms with E-state index in [9.17, 15) is 9.32 Å². The molecular weight excluding hydrogens is 304 g/mol. The van der Waals surface area contributed by atoms with Crippen LogP contribution in [0.4, 0.5) is 0 Å². The van der Waals surface area contributed by atoms with Crippen LogP contribution in [0.3, 0.4) is 0 Å². The highest BCUT2D eigenvalue weighted by atomic mass is 32.2. The summed E-state index contributed by atoms with van der Waals surface area (Å²) in [5, 5.41) is 9.79. The second-order valence-electron chi connectivity index (χ2n) is 7.39. The van der Waals surface area contributed by atoms with Crippen LogP contribution in [-0.2, 0) is 10.8 Å². The maximum atomic E-state index is 13.0. The van der Waals surface area contributed by atoms with E-state index in [0.29, 0.717) is 29.9 Å². The topological polar surface area (TPSA) is 37.3 Å². The Hall–Kier alpha value is -0.670.